The molecule has 0 aliphatic carbocycles. The summed E-state index contributed by atoms with van der Waals surface area (Å²) >= 11 is 0. The van der Waals surface area contributed by atoms with Crippen LogP contribution < -0.4 is 10.2 Å². The van der Waals surface area contributed by atoms with Gasteiger partial charge in [-0.1, -0.05) is 6.42 Å². The first-order valence-corrected chi connectivity index (χ1v) is 6.54. The molecule has 1 aromatic carbocycles. The second-order valence-electron chi connectivity index (χ2n) is 4.35. The van der Waals surface area contributed by atoms with E-state index in [0.717, 1.165) is 24.4 Å². The first kappa shape index (κ1) is 13.5. The van der Waals surface area contributed by atoms with E-state index in [2.05, 4.69) is 15.5 Å². The van der Waals surface area contributed by atoms with Crippen LogP contribution in [0.5, 0.6) is 5.75 Å². The third kappa shape index (κ3) is 4.71. The molecular weight excluding hydrogens is 242 g/mol. The number of ether oxygens (including phenoxy) is 1. The van der Waals surface area contributed by atoms with Crippen molar-refractivity contribution >= 4 is 12.1 Å². The average molecular weight is 261 g/mol. The lowest BCUT2D eigenvalue weighted by Gasteiger charge is -2.03. The highest BCUT2D eigenvalue weighted by Crippen LogP contribution is 2.10. The van der Waals surface area contributed by atoms with Gasteiger partial charge < -0.3 is 9.84 Å². The molecule has 0 saturated carbocycles. The summed E-state index contributed by atoms with van der Waals surface area (Å²) in [5.41, 5.74) is 3.96. The number of hydrogen-bond acceptors (Lipinski definition) is 5. The fraction of sp³-hybridized carbons (Fsp3) is 0.429. The van der Waals surface area contributed by atoms with Crippen LogP contribution in [0.4, 0.5) is 0 Å². The van der Waals surface area contributed by atoms with Crippen LogP contribution in [0, 0.1) is 0 Å². The summed E-state index contributed by atoms with van der Waals surface area (Å²) < 4.78 is 4.95. The molecule has 102 valence electrons. The maximum absolute atomic E-state index is 8.63. The monoisotopic (exact) mass is 261 g/mol. The first-order valence-electron chi connectivity index (χ1n) is 6.54. The van der Waals surface area contributed by atoms with Crippen molar-refractivity contribution in [1.29, 1.82) is 0 Å². The van der Waals surface area contributed by atoms with Crippen molar-refractivity contribution < 1.29 is 9.84 Å². The maximum Gasteiger partial charge on any atom is 0.186 e. The Labute approximate surface area is 113 Å². The van der Waals surface area contributed by atoms with E-state index in [0.29, 0.717) is 5.75 Å². The Morgan fingerprint density at radius 3 is 2.89 bits per heavy atom. The molecule has 1 aliphatic rings. The van der Waals surface area contributed by atoms with Gasteiger partial charge in [-0.25, -0.2) is 0 Å². The second-order valence-corrected chi connectivity index (χ2v) is 4.35. The number of aliphatic hydroxyl groups is 1. The molecule has 0 atom stereocenters. The summed E-state index contributed by atoms with van der Waals surface area (Å²) in [6.07, 6.45) is 6.30. The average Bonchev–Trinajstić information content (AvgIpc) is 2.70. The molecule has 2 N–H and O–H groups in total. The Bertz CT molecular complexity index is 441. The van der Waals surface area contributed by atoms with E-state index in [9.17, 15) is 0 Å². The molecule has 0 saturated heterocycles. The molecule has 0 aromatic heterocycles. The maximum atomic E-state index is 8.63. The molecule has 0 spiro atoms. The molecule has 2 rings (SSSR count). The fourth-order valence-electron chi connectivity index (χ4n) is 1.87. The molecule has 0 bridgehead atoms. The summed E-state index contributed by atoms with van der Waals surface area (Å²) in [5.74, 6) is 1.61. The van der Waals surface area contributed by atoms with Gasteiger partial charge in [0.2, 0.25) is 0 Å². The molecule has 5 heteroatoms. The van der Waals surface area contributed by atoms with Gasteiger partial charge in [-0.05, 0) is 42.7 Å². The zero-order valence-corrected chi connectivity index (χ0v) is 10.9. The van der Waals surface area contributed by atoms with Gasteiger partial charge in [0.1, 0.15) is 11.6 Å². The van der Waals surface area contributed by atoms with Gasteiger partial charge >= 0.3 is 0 Å². The van der Waals surface area contributed by atoms with Crippen LogP contribution in [0.3, 0.4) is 0 Å². The molecule has 1 heterocycles. The van der Waals surface area contributed by atoms with Gasteiger partial charge in [0.25, 0.3) is 0 Å². The molecule has 19 heavy (non-hydrogen) atoms. The second kappa shape index (κ2) is 7.53. The number of aliphatic imine (C=N–C) groups is 1. The van der Waals surface area contributed by atoms with E-state index < -0.39 is 0 Å². The molecular formula is C14H19N3O2. The highest BCUT2D eigenvalue weighted by Gasteiger charge is 2.02. The Balaban J connectivity index is 1.85. The van der Waals surface area contributed by atoms with Crippen molar-refractivity contribution in [3.63, 3.8) is 0 Å². The third-order valence-electron chi connectivity index (χ3n) is 2.89. The number of nitrogens with one attached hydrogen (secondary N) is 1. The van der Waals surface area contributed by atoms with Gasteiger partial charge in [-0.2, -0.15) is 5.10 Å². The van der Waals surface area contributed by atoms with Crippen LogP contribution in [-0.4, -0.2) is 30.5 Å². The van der Waals surface area contributed by atoms with Crippen LogP contribution in [0.25, 0.3) is 0 Å². The smallest absolute Gasteiger partial charge is 0.186 e. The van der Waals surface area contributed by atoms with Gasteiger partial charge in [0.05, 0.1) is 6.21 Å². The summed E-state index contributed by atoms with van der Waals surface area (Å²) in [4.78, 5) is 4.44. The van der Waals surface area contributed by atoms with Gasteiger partial charge in [0, 0.05) is 13.0 Å². The van der Waals surface area contributed by atoms with Gasteiger partial charge in [-0.15, -0.1) is 0 Å². The van der Waals surface area contributed by atoms with E-state index in [-0.39, 0.29) is 6.79 Å². The van der Waals surface area contributed by atoms with Crippen LogP contribution >= 0.6 is 0 Å². The zero-order valence-electron chi connectivity index (χ0n) is 10.9. The lowest BCUT2D eigenvalue weighted by Crippen LogP contribution is -2.17. The molecule has 1 aliphatic heterocycles. The largest absolute Gasteiger partial charge is 0.468 e. The summed E-state index contributed by atoms with van der Waals surface area (Å²) in [7, 11) is 0. The summed E-state index contributed by atoms with van der Waals surface area (Å²) in [5, 5.41) is 12.8. The molecule has 0 radical (unpaired) electrons. The topological polar surface area (TPSA) is 66.2 Å². The number of rotatable bonds is 4. The Kier molecular flexibility index (Phi) is 5.37. The zero-order chi connectivity index (χ0) is 13.3. The predicted octanol–water partition coefficient (Wildman–Crippen LogP) is 1.91. The van der Waals surface area contributed by atoms with Crippen molar-refractivity contribution in [3.8, 4) is 5.75 Å². The SMILES string of the molecule is OCOc1ccc(C=NNC2=NCCCCC2)cc1. The normalized spacial score (nSPS) is 15.9. The van der Waals surface area contributed by atoms with Crippen LogP contribution in [0.15, 0.2) is 34.4 Å². The van der Waals surface area contributed by atoms with E-state index in [1.807, 2.05) is 12.1 Å². The van der Waals surface area contributed by atoms with Crippen molar-refractivity contribution in [3.05, 3.63) is 29.8 Å². The van der Waals surface area contributed by atoms with E-state index in [1.54, 1.807) is 18.3 Å². The minimum Gasteiger partial charge on any atom is -0.468 e. The number of aliphatic hydroxyl groups excluding tert-OH is 1. The van der Waals surface area contributed by atoms with Crippen LogP contribution in [0.1, 0.15) is 31.2 Å². The van der Waals surface area contributed by atoms with Crippen molar-refractivity contribution in [1.82, 2.24) is 5.43 Å². The number of amidine groups is 1. The molecule has 0 fully saturated rings. The summed E-state index contributed by atoms with van der Waals surface area (Å²) in [6, 6.07) is 7.34. The Hall–Kier alpha value is -1.88. The molecule has 0 amide bonds. The van der Waals surface area contributed by atoms with Gasteiger partial charge in [0.15, 0.2) is 6.79 Å². The Morgan fingerprint density at radius 2 is 2.11 bits per heavy atom. The van der Waals surface area contributed by atoms with E-state index in [1.165, 1.54) is 19.3 Å². The number of hydrazone groups is 1. The number of nitrogens with zero attached hydrogens (tertiary/aromatic N) is 2. The van der Waals surface area contributed by atoms with Gasteiger partial charge in [-0.3, -0.25) is 10.4 Å². The predicted molar refractivity (Wildman–Crippen MR) is 75.7 cm³/mol. The molecule has 5 nitrogen and oxygen atoms in total. The minimum absolute atomic E-state index is 0.311. The lowest BCUT2D eigenvalue weighted by molar-refractivity contribution is 0.0985. The van der Waals surface area contributed by atoms with Crippen LogP contribution in [0.2, 0.25) is 0 Å². The highest BCUT2D eigenvalue weighted by molar-refractivity contribution is 5.85. The van der Waals surface area contributed by atoms with Crippen molar-refractivity contribution in [2.45, 2.75) is 25.7 Å². The standard InChI is InChI=1S/C14H19N3O2/c18-11-19-13-7-5-12(6-8-13)10-16-17-14-4-2-1-3-9-15-14/h5-8,10,18H,1-4,9,11H2,(H,15,17). The van der Waals surface area contributed by atoms with Crippen molar-refractivity contribution in [2.75, 3.05) is 13.3 Å². The Morgan fingerprint density at radius 1 is 1.26 bits per heavy atom. The minimum atomic E-state index is -0.311. The number of hydrogen-bond donors (Lipinski definition) is 2. The third-order valence-corrected chi connectivity index (χ3v) is 2.89. The first-order chi connectivity index (χ1) is 9.38. The van der Waals surface area contributed by atoms with E-state index >= 15 is 0 Å². The highest BCUT2D eigenvalue weighted by atomic mass is 16.6. The number of benzene rings is 1. The lowest BCUT2D eigenvalue weighted by atomic mass is 10.2. The fourth-order valence-corrected chi connectivity index (χ4v) is 1.87. The molecule has 0 unspecified atom stereocenters. The van der Waals surface area contributed by atoms with E-state index in [4.69, 9.17) is 9.84 Å². The quantitative estimate of drug-likeness (QED) is 0.494. The van der Waals surface area contributed by atoms with Crippen LogP contribution in [-0.2, 0) is 0 Å². The van der Waals surface area contributed by atoms with Crippen molar-refractivity contribution in [2.24, 2.45) is 10.1 Å². The molecule has 1 aromatic rings. The summed E-state index contributed by atoms with van der Waals surface area (Å²) in [6.45, 7) is 0.583.